The first-order valence-corrected chi connectivity index (χ1v) is 43.1. The van der Waals surface area contributed by atoms with Crippen molar-refractivity contribution >= 4 is 39.5 Å². The summed E-state index contributed by atoms with van der Waals surface area (Å²) < 4.78 is 68.6. The molecule has 0 bridgehead atoms. The summed E-state index contributed by atoms with van der Waals surface area (Å²) in [6.07, 6.45) is 59.4. The van der Waals surface area contributed by atoms with Crippen LogP contribution >= 0.6 is 15.6 Å². The number of carbonyl (C=O) groups is 4. The number of rotatable bonds is 77. The molecule has 570 valence electrons. The monoisotopic (exact) mass is 1410 g/mol. The van der Waals surface area contributed by atoms with E-state index < -0.39 is 97.5 Å². The van der Waals surface area contributed by atoms with Crippen LogP contribution in [0, 0.1) is 5.92 Å². The van der Waals surface area contributed by atoms with Gasteiger partial charge in [0.1, 0.15) is 19.3 Å². The van der Waals surface area contributed by atoms with Crippen LogP contribution in [0.1, 0.15) is 407 Å². The molecular weight excluding hydrogens is 1260 g/mol. The van der Waals surface area contributed by atoms with Crippen LogP contribution in [0.15, 0.2) is 0 Å². The summed E-state index contributed by atoms with van der Waals surface area (Å²) in [4.78, 5) is 72.9. The number of hydrogen-bond donors (Lipinski definition) is 3. The molecule has 0 aromatic carbocycles. The van der Waals surface area contributed by atoms with E-state index in [0.29, 0.717) is 25.7 Å². The lowest BCUT2D eigenvalue weighted by atomic mass is 10.0. The van der Waals surface area contributed by atoms with E-state index in [9.17, 15) is 43.2 Å². The molecule has 0 fully saturated rings. The molecule has 0 aromatic rings. The predicted octanol–water partition coefficient (Wildman–Crippen LogP) is 22.9. The molecule has 3 N–H and O–H groups in total. The maximum Gasteiger partial charge on any atom is 0.472 e. The van der Waals surface area contributed by atoms with Crippen molar-refractivity contribution < 1.29 is 80.2 Å². The molecule has 17 nitrogen and oxygen atoms in total. The summed E-state index contributed by atoms with van der Waals surface area (Å²) >= 11 is 0. The van der Waals surface area contributed by atoms with E-state index in [-0.39, 0.29) is 25.7 Å². The minimum Gasteiger partial charge on any atom is -0.462 e. The van der Waals surface area contributed by atoms with Crippen LogP contribution in [0.3, 0.4) is 0 Å². The topological polar surface area (TPSA) is 237 Å². The SMILES string of the molecule is CCCCCCCCCCCCCCCCCCCC(=O)O[C@H](COC(=O)CCCCCCCCCCCCC(C)C)COP(=O)(O)OC[C@@H](O)COP(=O)(O)OC[C@@H](COC(=O)CCCCCCCCCCCCCCC)OC(=O)CCCCCCCCCCCCCCC. The quantitative estimate of drug-likeness (QED) is 0.0222. The fourth-order valence-corrected chi connectivity index (χ4v) is 13.5. The van der Waals surface area contributed by atoms with E-state index >= 15 is 0 Å². The zero-order valence-electron chi connectivity index (χ0n) is 62.5. The van der Waals surface area contributed by atoms with Gasteiger partial charge in [-0.15, -0.1) is 0 Å². The highest BCUT2D eigenvalue weighted by Crippen LogP contribution is 2.45. The van der Waals surface area contributed by atoms with E-state index in [1.54, 1.807) is 0 Å². The van der Waals surface area contributed by atoms with Crippen molar-refractivity contribution in [1.82, 2.24) is 0 Å². The Balaban J connectivity index is 5.26. The third kappa shape index (κ3) is 70.5. The number of phosphoric ester groups is 2. The van der Waals surface area contributed by atoms with Gasteiger partial charge in [0.2, 0.25) is 0 Å². The van der Waals surface area contributed by atoms with Gasteiger partial charge >= 0.3 is 39.5 Å². The number of carbonyl (C=O) groups excluding carboxylic acids is 4. The maximum atomic E-state index is 13.1. The number of aliphatic hydroxyl groups is 1. The van der Waals surface area contributed by atoms with Crippen molar-refractivity contribution in [1.29, 1.82) is 0 Å². The lowest BCUT2D eigenvalue weighted by Crippen LogP contribution is -2.30. The Hall–Kier alpha value is -1.94. The molecule has 96 heavy (non-hydrogen) atoms. The number of unbranched alkanes of at least 4 members (excludes halogenated alkanes) is 49. The molecule has 2 unspecified atom stereocenters. The largest absolute Gasteiger partial charge is 0.472 e. The Labute approximate surface area is 588 Å². The maximum absolute atomic E-state index is 13.1. The van der Waals surface area contributed by atoms with Crippen LogP contribution in [-0.2, 0) is 65.4 Å². The predicted molar refractivity (Wildman–Crippen MR) is 391 cm³/mol. The summed E-state index contributed by atoms with van der Waals surface area (Å²) in [5, 5.41) is 10.6. The minimum atomic E-state index is -4.96. The van der Waals surface area contributed by atoms with Gasteiger partial charge in [0, 0.05) is 25.7 Å². The van der Waals surface area contributed by atoms with Crippen LogP contribution in [0.25, 0.3) is 0 Å². The van der Waals surface area contributed by atoms with Crippen molar-refractivity contribution in [2.45, 2.75) is 425 Å². The van der Waals surface area contributed by atoms with E-state index in [0.717, 1.165) is 95.8 Å². The van der Waals surface area contributed by atoms with Crippen molar-refractivity contribution in [2.24, 2.45) is 5.92 Å². The Morgan fingerprint density at radius 2 is 0.479 bits per heavy atom. The second-order valence-electron chi connectivity index (χ2n) is 28.2. The Bertz CT molecular complexity index is 1840. The van der Waals surface area contributed by atoms with E-state index in [1.165, 1.54) is 231 Å². The van der Waals surface area contributed by atoms with Crippen molar-refractivity contribution in [3.05, 3.63) is 0 Å². The number of esters is 4. The van der Waals surface area contributed by atoms with Crippen LogP contribution in [0.2, 0.25) is 0 Å². The van der Waals surface area contributed by atoms with Gasteiger partial charge in [-0.3, -0.25) is 37.3 Å². The van der Waals surface area contributed by atoms with E-state index in [1.807, 2.05) is 0 Å². The number of hydrogen-bond acceptors (Lipinski definition) is 15. The second kappa shape index (κ2) is 70.1. The molecule has 0 spiro atoms. The summed E-state index contributed by atoms with van der Waals surface area (Å²) in [7, 11) is -9.91. The molecular formula is C77H150O17P2. The van der Waals surface area contributed by atoms with Crippen LogP contribution in [0.5, 0.6) is 0 Å². The van der Waals surface area contributed by atoms with E-state index in [2.05, 4.69) is 34.6 Å². The zero-order valence-corrected chi connectivity index (χ0v) is 64.3. The van der Waals surface area contributed by atoms with Crippen molar-refractivity contribution in [3.8, 4) is 0 Å². The first-order valence-electron chi connectivity index (χ1n) is 40.1. The average Bonchev–Trinajstić information content (AvgIpc) is 1.30. The van der Waals surface area contributed by atoms with Gasteiger partial charge in [0.25, 0.3) is 0 Å². The number of aliphatic hydroxyl groups excluding tert-OH is 1. The molecule has 0 rings (SSSR count). The Kier molecular flexibility index (Phi) is 68.7. The van der Waals surface area contributed by atoms with Gasteiger partial charge in [-0.05, 0) is 31.6 Å². The van der Waals surface area contributed by atoms with Gasteiger partial charge in [-0.2, -0.15) is 0 Å². The number of ether oxygens (including phenoxy) is 4. The Morgan fingerprint density at radius 1 is 0.281 bits per heavy atom. The highest BCUT2D eigenvalue weighted by Gasteiger charge is 2.30. The van der Waals surface area contributed by atoms with Gasteiger partial charge in [0.15, 0.2) is 12.2 Å². The minimum absolute atomic E-state index is 0.108. The fourth-order valence-electron chi connectivity index (χ4n) is 11.9. The average molecular weight is 1410 g/mol. The zero-order chi connectivity index (χ0) is 70.5. The van der Waals surface area contributed by atoms with Gasteiger partial charge < -0.3 is 33.8 Å². The summed E-state index contributed by atoms with van der Waals surface area (Å²) in [6.45, 7) is 7.31. The highest BCUT2D eigenvalue weighted by molar-refractivity contribution is 7.47. The summed E-state index contributed by atoms with van der Waals surface area (Å²) in [5.41, 5.74) is 0. The van der Waals surface area contributed by atoms with Crippen LogP contribution in [0.4, 0.5) is 0 Å². The molecule has 0 amide bonds. The van der Waals surface area contributed by atoms with Crippen LogP contribution < -0.4 is 0 Å². The van der Waals surface area contributed by atoms with Gasteiger partial charge in [-0.25, -0.2) is 9.13 Å². The molecule has 0 aliphatic rings. The molecule has 0 aromatic heterocycles. The number of phosphoric acid groups is 2. The molecule has 0 saturated heterocycles. The molecule has 0 radical (unpaired) electrons. The normalized spacial score (nSPS) is 13.9. The smallest absolute Gasteiger partial charge is 0.462 e. The van der Waals surface area contributed by atoms with Gasteiger partial charge in [0.05, 0.1) is 26.4 Å². The van der Waals surface area contributed by atoms with Gasteiger partial charge in [-0.1, -0.05) is 356 Å². The Morgan fingerprint density at radius 3 is 0.708 bits per heavy atom. The van der Waals surface area contributed by atoms with Crippen molar-refractivity contribution in [2.75, 3.05) is 39.6 Å². The molecule has 0 heterocycles. The summed E-state index contributed by atoms with van der Waals surface area (Å²) in [6, 6.07) is 0. The van der Waals surface area contributed by atoms with E-state index in [4.69, 9.17) is 37.0 Å². The molecule has 0 aliphatic heterocycles. The molecule has 0 saturated carbocycles. The highest BCUT2D eigenvalue weighted by atomic mass is 31.2. The van der Waals surface area contributed by atoms with Crippen molar-refractivity contribution in [3.63, 3.8) is 0 Å². The van der Waals surface area contributed by atoms with Crippen LogP contribution in [-0.4, -0.2) is 96.7 Å². The first-order chi connectivity index (χ1) is 46.5. The standard InChI is InChI=1S/C77H150O17P2/c1-6-9-12-15-18-21-24-27-28-29-30-33-36-43-48-53-58-63-77(82)94-73(67-88-75(80)61-56-51-46-41-38-37-39-44-49-54-59-70(4)5)69-92-96(85,86)90-65-71(78)64-89-95(83,84)91-68-72(93-76(81)62-57-52-47-42-35-32-26-23-20-17-14-11-8-3)66-87-74(79)60-55-50-45-40-34-31-25-22-19-16-13-10-7-2/h70-73,78H,6-69H2,1-5H3,(H,83,84)(H,85,86)/t71-,72+,73+/m0/s1. The third-order valence-corrected chi connectivity index (χ3v) is 19.9. The molecule has 19 heteroatoms. The lowest BCUT2D eigenvalue weighted by molar-refractivity contribution is -0.161. The molecule has 5 atom stereocenters. The second-order valence-corrected chi connectivity index (χ2v) is 31.1. The summed E-state index contributed by atoms with van der Waals surface area (Å²) in [5.74, 6) is -1.35. The third-order valence-electron chi connectivity index (χ3n) is 18.0. The first kappa shape index (κ1) is 94.1. The molecule has 0 aliphatic carbocycles. The lowest BCUT2D eigenvalue weighted by Gasteiger charge is -2.21. The fraction of sp³-hybridized carbons (Fsp3) is 0.948.